The smallest absolute Gasteiger partial charge is 0.267 e. The highest BCUT2D eigenvalue weighted by Crippen LogP contribution is 2.22. The number of hydrogen-bond donors (Lipinski definition) is 1. The highest BCUT2D eigenvalue weighted by atomic mass is 16.5. The zero-order valence-electron chi connectivity index (χ0n) is 8.89. The van der Waals surface area contributed by atoms with Crippen molar-refractivity contribution in [2.24, 2.45) is 5.73 Å². The van der Waals surface area contributed by atoms with E-state index in [1.807, 2.05) is 0 Å². The van der Waals surface area contributed by atoms with Crippen molar-refractivity contribution < 1.29 is 9.32 Å². The van der Waals surface area contributed by atoms with E-state index in [2.05, 4.69) is 15.1 Å². The molecule has 0 aromatic carbocycles. The lowest BCUT2D eigenvalue weighted by Crippen LogP contribution is -2.13. The Balaban J connectivity index is 2.57. The monoisotopic (exact) mass is 218 g/mol. The molecule has 2 N–H and O–H groups in total. The summed E-state index contributed by atoms with van der Waals surface area (Å²) in [7, 11) is 0. The molecule has 6 heteroatoms. The molecule has 0 saturated heterocycles. The predicted molar refractivity (Wildman–Crippen MR) is 55.5 cm³/mol. The Bertz CT molecular complexity index is 528. The fraction of sp³-hybridized carbons (Fsp3) is 0.200. The van der Waals surface area contributed by atoms with Crippen molar-refractivity contribution >= 4 is 5.91 Å². The number of primary amides is 1. The van der Waals surface area contributed by atoms with Crippen LogP contribution in [-0.4, -0.2) is 21.0 Å². The Kier molecular flexibility index (Phi) is 2.40. The van der Waals surface area contributed by atoms with Crippen molar-refractivity contribution in [2.75, 3.05) is 0 Å². The van der Waals surface area contributed by atoms with Crippen molar-refractivity contribution in [2.45, 2.75) is 13.8 Å². The molecular formula is C10H10N4O2. The van der Waals surface area contributed by atoms with Gasteiger partial charge in [-0.2, -0.15) is 0 Å². The summed E-state index contributed by atoms with van der Waals surface area (Å²) in [5.41, 5.74) is 6.69. The van der Waals surface area contributed by atoms with Crippen LogP contribution in [0.1, 0.15) is 21.9 Å². The van der Waals surface area contributed by atoms with Gasteiger partial charge in [0.05, 0.1) is 11.3 Å². The van der Waals surface area contributed by atoms with E-state index in [9.17, 15) is 4.79 Å². The summed E-state index contributed by atoms with van der Waals surface area (Å²) in [5, 5.41) is 3.80. The summed E-state index contributed by atoms with van der Waals surface area (Å²) < 4.78 is 5.00. The molecule has 0 spiro atoms. The van der Waals surface area contributed by atoms with Crippen LogP contribution in [0.5, 0.6) is 0 Å². The first-order chi connectivity index (χ1) is 7.59. The van der Waals surface area contributed by atoms with Gasteiger partial charge in [-0.05, 0) is 19.9 Å². The number of aromatic nitrogens is 3. The van der Waals surface area contributed by atoms with Gasteiger partial charge in [0.15, 0.2) is 5.82 Å². The van der Waals surface area contributed by atoms with Crippen molar-refractivity contribution in [3.8, 4) is 11.4 Å². The number of nitrogens with two attached hydrogens (primary N) is 1. The molecule has 0 atom stereocenters. The molecule has 0 aliphatic rings. The summed E-state index contributed by atoms with van der Waals surface area (Å²) in [5.74, 6) is 0.419. The number of nitrogens with zero attached hydrogens (tertiary/aromatic N) is 3. The third kappa shape index (κ3) is 1.65. The minimum Gasteiger partial charge on any atom is -0.364 e. The molecule has 1 amide bonds. The second kappa shape index (κ2) is 3.73. The van der Waals surface area contributed by atoms with Crippen molar-refractivity contribution in [3.63, 3.8) is 0 Å². The summed E-state index contributed by atoms with van der Waals surface area (Å²) in [6.07, 6.45) is 1.48. The van der Waals surface area contributed by atoms with E-state index < -0.39 is 5.91 Å². The lowest BCUT2D eigenvalue weighted by atomic mass is 10.2. The van der Waals surface area contributed by atoms with Gasteiger partial charge < -0.3 is 10.3 Å². The Morgan fingerprint density at radius 1 is 1.44 bits per heavy atom. The number of carbonyl (C=O) groups is 1. The normalized spacial score (nSPS) is 10.4. The van der Waals surface area contributed by atoms with Gasteiger partial charge in [-0.1, -0.05) is 5.16 Å². The zero-order chi connectivity index (χ0) is 11.7. The first-order valence-corrected chi connectivity index (χ1v) is 4.65. The molecule has 2 heterocycles. The van der Waals surface area contributed by atoms with Gasteiger partial charge >= 0.3 is 0 Å². The van der Waals surface area contributed by atoms with Crippen LogP contribution in [0.4, 0.5) is 0 Å². The quantitative estimate of drug-likeness (QED) is 0.806. The molecule has 2 aromatic rings. The lowest BCUT2D eigenvalue weighted by Gasteiger charge is -1.99. The standard InChI is InChI=1S/C10H10N4O2/c1-5-8(6(2)16-14-5)10-12-4-3-7(13-10)9(11)15/h3-4H,1-2H3,(H2,11,15). The molecule has 0 bridgehead atoms. The van der Waals surface area contributed by atoms with Crippen LogP contribution in [0.2, 0.25) is 0 Å². The molecular weight excluding hydrogens is 208 g/mol. The highest BCUT2D eigenvalue weighted by Gasteiger charge is 2.15. The molecule has 82 valence electrons. The summed E-state index contributed by atoms with van der Waals surface area (Å²) in [4.78, 5) is 19.1. The Morgan fingerprint density at radius 3 is 2.75 bits per heavy atom. The molecule has 0 unspecified atom stereocenters. The molecule has 2 aromatic heterocycles. The van der Waals surface area contributed by atoms with Gasteiger partial charge in [0.2, 0.25) is 0 Å². The van der Waals surface area contributed by atoms with E-state index in [4.69, 9.17) is 10.3 Å². The van der Waals surface area contributed by atoms with Gasteiger partial charge in [-0.25, -0.2) is 9.97 Å². The summed E-state index contributed by atoms with van der Waals surface area (Å²) in [6.45, 7) is 3.54. The van der Waals surface area contributed by atoms with E-state index in [1.165, 1.54) is 12.3 Å². The molecule has 0 fully saturated rings. The van der Waals surface area contributed by atoms with E-state index >= 15 is 0 Å². The number of aryl methyl sites for hydroxylation is 2. The Labute approximate surface area is 91.5 Å². The van der Waals surface area contributed by atoms with E-state index in [1.54, 1.807) is 13.8 Å². The van der Waals surface area contributed by atoms with Crippen LogP contribution >= 0.6 is 0 Å². The van der Waals surface area contributed by atoms with Gasteiger partial charge in [-0.15, -0.1) is 0 Å². The first kappa shape index (κ1) is 10.3. The average Bonchev–Trinajstić information content (AvgIpc) is 2.59. The van der Waals surface area contributed by atoms with Gasteiger partial charge in [-0.3, -0.25) is 4.79 Å². The molecule has 16 heavy (non-hydrogen) atoms. The van der Waals surface area contributed by atoms with Gasteiger partial charge in [0.1, 0.15) is 11.5 Å². The van der Waals surface area contributed by atoms with Crippen molar-refractivity contribution in [1.82, 2.24) is 15.1 Å². The van der Waals surface area contributed by atoms with Crippen LogP contribution in [-0.2, 0) is 0 Å². The topological polar surface area (TPSA) is 94.9 Å². The highest BCUT2D eigenvalue weighted by molar-refractivity contribution is 5.91. The van der Waals surface area contributed by atoms with Crippen LogP contribution in [0, 0.1) is 13.8 Å². The molecule has 6 nitrogen and oxygen atoms in total. The third-order valence-corrected chi connectivity index (χ3v) is 2.17. The fourth-order valence-corrected chi connectivity index (χ4v) is 1.42. The van der Waals surface area contributed by atoms with E-state index in [0.29, 0.717) is 22.8 Å². The van der Waals surface area contributed by atoms with E-state index in [0.717, 1.165) is 0 Å². The van der Waals surface area contributed by atoms with Crippen molar-refractivity contribution in [1.29, 1.82) is 0 Å². The second-order valence-electron chi connectivity index (χ2n) is 3.33. The second-order valence-corrected chi connectivity index (χ2v) is 3.33. The number of amides is 1. The molecule has 0 radical (unpaired) electrons. The fourth-order valence-electron chi connectivity index (χ4n) is 1.42. The van der Waals surface area contributed by atoms with Crippen molar-refractivity contribution in [3.05, 3.63) is 29.4 Å². The van der Waals surface area contributed by atoms with Crippen LogP contribution < -0.4 is 5.73 Å². The first-order valence-electron chi connectivity index (χ1n) is 4.65. The summed E-state index contributed by atoms with van der Waals surface area (Å²) >= 11 is 0. The largest absolute Gasteiger partial charge is 0.364 e. The van der Waals surface area contributed by atoms with Gasteiger partial charge in [0.25, 0.3) is 5.91 Å². The SMILES string of the molecule is Cc1noc(C)c1-c1nccc(C(N)=O)n1. The molecule has 0 aliphatic heterocycles. The van der Waals surface area contributed by atoms with Gasteiger partial charge in [0, 0.05) is 6.20 Å². The Morgan fingerprint density at radius 2 is 2.19 bits per heavy atom. The number of carbonyl (C=O) groups excluding carboxylic acids is 1. The van der Waals surface area contributed by atoms with Crippen LogP contribution in [0.25, 0.3) is 11.4 Å². The number of hydrogen-bond acceptors (Lipinski definition) is 5. The minimum absolute atomic E-state index is 0.171. The average molecular weight is 218 g/mol. The van der Waals surface area contributed by atoms with Crippen LogP contribution in [0.3, 0.4) is 0 Å². The lowest BCUT2D eigenvalue weighted by molar-refractivity contribution is 0.0995. The van der Waals surface area contributed by atoms with Crippen LogP contribution in [0.15, 0.2) is 16.8 Å². The molecule has 2 rings (SSSR count). The number of rotatable bonds is 2. The maximum Gasteiger partial charge on any atom is 0.267 e. The predicted octanol–water partition coefficient (Wildman–Crippen LogP) is 0.847. The summed E-state index contributed by atoms with van der Waals surface area (Å²) in [6, 6.07) is 1.46. The Hall–Kier alpha value is -2.24. The minimum atomic E-state index is -0.588. The maximum absolute atomic E-state index is 11.0. The maximum atomic E-state index is 11.0. The van der Waals surface area contributed by atoms with E-state index in [-0.39, 0.29) is 5.69 Å². The molecule has 0 aliphatic carbocycles. The zero-order valence-corrected chi connectivity index (χ0v) is 8.89. The molecule has 0 saturated carbocycles. The third-order valence-electron chi connectivity index (χ3n) is 2.17.